The maximum absolute atomic E-state index is 12.3. The Morgan fingerprint density at radius 2 is 1.91 bits per heavy atom. The lowest BCUT2D eigenvalue weighted by molar-refractivity contribution is -0.151. The fraction of sp³-hybridized carbons (Fsp3) is 0.529. The third-order valence-corrected chi connectivity index (χ3v) is 4.11. The molecule has 0 spiro atoms. The highest BCUT2D eigenvalue weighted by molar-refractivity contribution is 5.98. The number of amides is 2. The molecule has 1 aliphatic heterocycles. The van der Waals surface area contributed by atoms with Crippen LogP contribution in [0.2, 0.25) is 0 Å². The summed E-state index contributed by atoms with van der Waals surface area (Å²) in [4.78, 5) is 28.0. The van der Waals surface area contributed by atoms with E-state index < -0.39 is 0 Å². The van der Waals surface area contributed by atoms with Crippen molar-refractivity contribution in [1.29, 1.82) is 0 Å². The van der Waals surface area contributed by atoms with Crippen molar-refractivity contribution in [2.24, 2.45) is 5.73 Å². The summed E-state index contributed by atoms with van der Waals surface area (Å²) in [5, 5.41) is 0. The van der Waals surface area contributed by atoms with E-state index in [-0.39, 0.29) is 18.0 Å². The largest absolute Gasteiger partial charge is 0.495 e. The number of carbonyl (C=O) groups is 2. The highest BCUT2D eigenvalue weighted by atomic mass is 16.5. The third kappa shape index (κ3) is 3.64. The minimum absolute atomic E-state index is 0.106. The Morgan fingerprint density at radius 1 is 1.26 bits per heavy atom. The molecular weight excluding hydrogens is 294 g/mol. The van der Waals surface area contributed by atoms with Gasteiger partial charge in [-0.2, -0.15) is 0 Å². The maximum Gasteiger partial charge on any atom is 0.230 e. The predicted octanol–water partition coefficient (Wildman–Crippen LogP) is 1.74. The van der Waals surface area contributed by atoms with Gasteiger partial charge in [0.2, 0.25) is 11.8 Å². The van der Waals surface area contributed by atoms with Gasteiger partial charge in [-0.1, -0.05) is 19.1 Å². The lowest BCUT2D eigenvalue weighted by Gasteiger charge is -2.41. The summed E-state index contributed by atoms with van der Waals surface area (Å²) < 4.78 is 5.44. The minimum atomic E-state index is -0.338. The predicted molar refractivity (Wildman–Crippen MR) is 89.2 cm³/mol. The quantitative estimate of drug-likeness (QED) is 0.775. The number of nitrogens with zero attached hydrogens (tertiary/aromatic N) is 2. The summed E-state index contributed by atoms with van der Waals surface area (Å²) in [5.41, 5.74) is 6.62. The molecule has 1 atom stereocenters. The number of imide groups is 1. The van der Waals surface area contributed by atoms with Gasteiger partial charge in [-0.3, -0.25) is 14.5 Å². The van der Waals surface area contributed by atoms with E-state index in [1.54, 1.807) is 7.11 Å². The molecule has 0 bridgehead atoms. The van der Waals surface area contributed by atoms with Crippen molar-refractivity contribution in [3.63, 3.8) is 0 Å². The smallest absolute Gasteiger partial charge is 0.230 e. The van der Waals surface area contributed by atoms with Crippen molar-refractivity contribution < 1.29 is 14.3 Å². The second-order valence-electron chi connectivity index (χ2n) is 5.55. The summed E-state index contributed by atoms with van der Waals surface area (Å²) in [7, 11) is 1.61. The summed E-state index contributed by atoms with van der Waals surface area (Å²) >= 11 is 0. The number of piperidine rings is 1. The summed E-state index contributed by atoms with van der Waals surface area (Å²) in [6.07, 6.45) is 1.77. The molecule has 0 aliphatic carbocycles. The van der Waals surface area contributed by atoms with E-state index in [1.807, 2.05) is 36.1 Å². The SMILES string of the molecule is CCC(N1C(=O)CCCC1=O)N(CCN)c1ccccc1OC. The Balaban J connectivity index is 2.40. The molecule has 0 saturated carbocycles. The molecule has 2 rings (SSSR count). The van der Waals surface area contributed by atoms with Crippen LogP contribution < -0.4 is 15.4 Å². The molecule has 6 heteroatoms. The maximum atomic E-state index is 12.3. The number of methoxy groups -OCH3 is 1. The lowest BCUT2D eigenvalue weighted by atomic mass is 10.1. The second-order valence-corrected chi connectivity index (χ2v) is 5.55. The van der Waals surface area contributed by atoms with Gasteiger partial charge < -0.3 is 15.4 Å². The van der Waals surface area contributed by atoms with E-state index in [9.17, 15) is 9.59 Å². The molecular formula is C17H25N3O3. The molecule has 1 aromatic carbocycles. The molecule has 2 amide bonds. The molecule has 6 nitrogen and oxygen atoms in total. The van der Waals surface area contributed by atoms with Gasteiger partial charge in [-0.05, 0) is 25.0 Å². The van der Waals surface area contributed by atoms with Crippen molar-refractivity contribution in [2.45, 2.75) is 38.8 Å². The molecule has 2 N–H and O–H groups in total. The van der Waals surface area contributed by atoms with Crippen LogP contribution in [-0.2, 0) is 9.59 Å². The first kappa shape index (κ1) is 17.3. The van der Waals surface area contributed by atoms with Gasteiger partial charge in [0.25, 0.3) is 0 Å². The van der Waals surface area contributed by atoms with Crippen LogP contribution in [0.25, 0.3) is 0 Å². The van der Waals surface area contributed by atoms with Crippen molar-refractivity contribution in [2.75, 3.05) is 25.1 Å². The van der Waals surface area contributed by atoms with Crippen LogP contribution in [0.15, 0.2) is 24.3 Å². The van der Waals surface area contributed by atoms with Crippen LogP contribution >= 0.6 is 0 Å². The molecule has 126 valence electrons. The molecule has 1 aliphatic rings. The first-order valence-corrected chi connectivity index (χ1v) is 8.08. The molecule has 1 fully saturated rings. The summed E-state index contributed by atoms with van der Waals surface area (Å²) in [6, 6.07) is 7.59. The van der Waals surface area contributed by atoms with Crippen molar-refractivity contribution in [3.05, 3.63) is 24.3 Å². The Bertz CT molecular complexity index is 546. The van der Waals surface area contributed by atoms with Gasteiger partial charge in [0, 0.05) is 25.9 Å². The Kier molecular flexibility index (Phi) is 5.98. The van der Waals surface area contributed by atoms with E-state index in [2.05, 4.69) is 0 Å². The van der Waals surface area contributed by atoms with Crippen LogP contribution in [0.5, 0.6) is 5.75 Å². The number of anilines is 1. The number of hydrogen-bond acceptors (Lipinski definition) is 5. The molecule has 1 heterocycles. The zero-order chi connectivity index (χ0) is 16.8. The molecule has 1 saturated heterocycles. The Morgan fingerprint density at radius 3 is 2.48 bits per heavy atom. The van der Waals surface area contributed by atoms with Crippen molar-refractivity contribution >= 4 is 17.5 Å². The first-order chi connectivity index (χ1) is 11.1. The Hall–Kier alpha value is -2.08. The number of para-hydroxylation sites is 2. The molecule has 1 aromatic rings. The first-order valence-electron chi connectivity index (χ1n) is 8.08. The minimum Gasteiger partial charge on any atom is -0.495 e. The van der Waals surface area contributed by atoms with Crippen LogP contribution in [0.3, 0.4) is 0 Å². The lowest BCUT2D eigenvalue weighted by Crippen LogP contribution is -2.56. The van der Waals surface area contributed by atoms with Crippen molar-refractivity contribution in [3.8, 4) is 5.75 Å². The zero-order valence-electron chi connectivity index (χ0n) is 13.8. The normalized spacial score (nSPS) is 16.4. The number of hydrogen-bond donors (Lipinski definition) is 1. The monoisotopic (exact) mass is 319 g/mol. The summed E-state index contributed by atoms with van der Waals surface area (Å²) in [5.74, 6) is 0.492. The van der Waals surface area contributed by atoms with E-state index in [0.717, 1.165) is 5.69 Å². The molecule has 1 unspecified atom stereocenters. The standard InChI is InChI=1S/C17H25N3O3/c1-3-15(20-16(21)9-6-10-17(20)22)19(12-11-18)13-7-4-5-8-14(13)23-2/h4-5,7-8,15H,3,6,9-12,18H2,1-2H3. The summed E-state index contributed by atoms with van der Waals surface area (Å²) in [6.45, 7) is 2.93. The number of ether oxygens (including phenoxy) is 1. The van der Waals surface area contributed by atoms with Crippen LogP contribution in [0.1, 0.15) is 32.6 Å². The second kappa shape index (κ2) is 7.97. The highest BCUT2D eigenvalue weighted by Gasteiger charge is 2.35. The number of benzene rings is 1. The van der Waals surface area contributed by atoms with E-state index >= 15 is 0 Å². The van der Waals surface area contributed by atoms with Gasteiger partial charge in [0.05, 0.1) is 12.8 Å². The van der Waals surface area contributed by atoms with Gasteiger partial charge >= 0.3 is 0 Å². The van der Waals surface area contributed by atoms with Crippen molar-refractivity contribution in [1.82, 2.24) is 4.90 Å². The molecule has 23 heavy (non-hydrogen) atoms. The van der Waals surface area contributed by atoms with Gasteiger partial charge in [-0.15, -0.1) is 0 Å². The van der Waals surface area contributed by atoms with Gasteiger partial charge in [0.15, 0.2) is 0 Å². The zero-order valence-corrected chi connectivity index (χ0v) is 13.8. The van der Waals surface area contributed by atoms with Crippen LogP contribution in [0.4, 0.5) is 5.69 Å². The fourth-order valence-corrected chi connectivity index (χ4v) is 3.08. The fourth-order valence-electron chi connectivity index (χ4n) is 3.08. The average Bonchev–Trinajstić information content (AvgIpc) is 2.57. The number of nitrogens with two attached hydrogens (primary N) is 1. The number of rotatable bonds is 7. The molecule has 0 radical (unpaired) electrons. The number of likely N-dealkylation sites (tertiary alicyclic amines) is 1. The van der Waals surface area contributed by atoms with E-state index in [4.69, 9.17) is 10.5 Å². The van der Waals surface area contributed by atoms with Gasteiger partial charge in [-0.25, -0.2) is 0 Å². The molecule has 0 aromatic heterocycles. The topological polar surface area (TPSA) is 75.9 Å². The number of carbonyl (C=O) groups excluding carboxylic acids is 2. The van der Waals surface area contributed by atoms with E-state index in [0.29, 0.717) is 44.5 Å². The van der Waals surface area contributed by atoms with Gasteiger partial charge in [0.1, 0.15) is 11.9 Å². The average molecular weight is 319 g/mol. The van der Waals surface area contributed by atoms with Crippen LogP contribution in [0, 0.1) is 0 Å². The third-order valence-electron chi connectivity index (χ3n) is 4.11. The van der Waals surface area contributed by atoms with E-state index in [1.165, 1.54) is 4.90 Å². The highest BCUT2D eigenvalue weighted by Crippen LogP contribution is 2.31. The Labute approximate surface area is 137 Å². The van der Waals surface area contributed by atoms with Crippen LogP contribution in [-0.4, -0.2) is 43.1 Å².